The van der Waals surface area contributed by atoms with Gasteiger partial charge in [0, 0.05) is 67.1 Å². The highest BCUT2D eigenvalue weighted by Crippen LogP contribution is 2.25. The summed E-state index contributed by atoms with van der Waals surface area (Å²) in [5, 5.41) is 1.05. The topological polar surface area (TPSA) is 54.3 Å². The summed E-state index contributed by atoms with van der Waals surface area (Å²) in [4.78, 5) is 26.6. The Morgan fingerprint density at radius 3 is 2.46 bits per heavy atom. The Morgan fingerprint density at radius 2 is 1.75 bits per heavy atom. The zero-order chi connectivity index (χ0) is 19.8. The second-order valence-electron chi connectivity index (χ2n) is 7.64. The van der Waals surface area contributed by atoms with Gasteiger partial charge in [-0.1, -0.05) is 18.2 Å². The number of aromatic nitrogens is 3. The molecule has 2 aromatic heterocycles. The summed E-state index contributed by atoms with van der Waals surface area (Å²) in [6.07, 6.45) is 0. The van der Waals surface area contributed by atoms with E-state index in [-0.39, 0.29) is 5.78 Å². The van der Waals surface area contributed by atoms with Gasteiger partial charge >= 0.3 is 0 Å². The van der Waals surface area contributed by atoms with Gasteiger partial charge in [0.25, 0.3) is 0 Å². The molecule has 0 aliphatic carbocycles. The minimum atomic E-state index is 0.205. The molecule has 6 nitrogen and oxygen atoms in total. The van der Waals surface area contributed by atoms with E-state index in [2.05, 4.69) is 30.4 Å². The summed E-state index contributed by atoms with van der Waals surface area (Å²) in [7, 11) is 2.03. The fraction of sp³-hybridized carbons (Fsp3) is 0.409. The van der Waals surface area contributed by atoms with Crippen LogP contribution in [0.15, 0.2) is 30.3 Å². The molecular weight excluding hydrogens is 350 g/mol. The van der Waals surface area contributed by atoms with Gasteiger partial charge in [0.15, 0.2) is 5.78 Å². The monoisotopic (exact) mass is 377 g/mol. The van der Waals surface area contributed by atoms with Gasteiger partial charge in [0.1, 0.15) is 11.6 Å². The quantitative estimate of drug-likeness (QED) is 0.655. The first-order valence-electron chi connectivity index (χ1n) is 9.81. The van der Waals surface area contributed by atoms with Crippen LogP contribution in [0.25, 0.3) is 10.9 Å². The van der Waals surface area contributed by atoms with Crippen molar-refractivity contribution in [1.82, 2.24) is 19.4 Å². The summed E-state index contributed by atoms with van der Waals surface area (Å²) in [5.41, 5.74) is 4.01. The van der Waals surface area contributed by atoms with E-state index in [4.69, 9.17) is 0 Å². The number of nitrogens with zero attached hydrogens (tertiary/aromatic N) is 5. The molecule has 0 unspecified atom stereocenters. The first-order chi connectivity index (χ1) is 13.4. The molecule has 1 aliphatic heterocycles. The van der Waals surface area contributed by atoms with E-state index >= 15 is 0 Å². The van der Waals surface area contributed by atoms with E-state index in [0.29, 0.717) is 6.54 Å². The highest BCUT2D eigenvalue weighted by molar-refractivity contribution is 6.10. The number of piperazine rings is 1. The van der Waals surface area contributed by atoms with Gasteiger partial charge in [0.05, 0.1) is 6.54 Å². The molecule has 28 heavy (non-hydrogen) atoms. The number of carbonyl (C=O) groups is 1. The molecule has 1 aromatic carbocycles. The number of para-hydroxylation sites is 1. The lowest BCUT2D eigenvalue weighted by atomic mass is 10.1. The Kier molecular flexibility index (Phi) is 4.89. The molecular formula is C22H27N5O. The number of anilines is 1. The number of ketones is 1. The number of hydrogen-bond donors (Lipinski definition) is 0. The van der Waals surface area contributed by atoms with Crippen molar-refractivity contribution < 1.29 is 4.79 Å². The first kappa shape index (κ1) is 18.6. The molecule has 0 saturated carbocycles. The molecule has 3 aromatic rings. The SMILES string of the molecule is Cc1cc(N2CCN(CC(=O)c3c(C)n(C)c4ccccc34)CC2)nc(C)n1. The molecule has 0 N–H and O–H groups in total. The Hall–Kier alpha value is -2.73. The lowest BCUT2D eigenvalue weighted by Gasteiger charge is -2.35. The summed E-state index contributed by atoms with van der Waals surface area (Å²) in [5.74, 6) is 2.00. The maximum atomic E-state index is 13.1. The van der Waals surface area contributed by atoms with Gasteiger partial charge in [0.2, 0.25) is 0 Å². The summed E-state index contributed by atoms with van der Waals surface area (Å²) in [6.45, 7) is 9.89. The van der Waals surface area contributed by atoms with Crippen molar-refractivity contribution in [2.24, 2.45) is 7.05 Å². The fourth-order valence-electron chi connectivity index (χ4n) is 4.15. The minimum Gasteiger partial charge on any atom is -0.354 e. The Balaban J connectivity index is 1.45. The molecule has 0 amide bonds. The largest absolute Gasteiger partial charge is 0.354 e. The van der Waals surface area contributed by atoms with E-state index in [1.165, 1.54) is 0 Å². The third-order valence-corrected chi connectivity index (χ3v) is 5.69. The van der Waals surface area contributed by atoms with Crippen LogP contribution in [0.3, 0.4) is 0 Å². The van der Waals surface area contributed by atoms with Crippen LogP contribution >= 0.6 is 0 Å². The maximum Gasteiger partial charge on any atom is 0.179 e. The van der Waals surface area contributed by atoms with Crippen LogP contribution < -0.4 is 4.90 Å². The zero-order valence-corrected chi connectivity index (χ0v) is 17.1. The lowest BCUT2D eigenvalue weighted by molar-refractivity contribution is 0.0927. The van der Waals surface area contributed by atoms with Crippen molar-refractivity contribution in [1.29, 1.82) is 0 Å². The van der Waals surface area contributed by atoms with Crippen LogP contribution in [0, 0.1) is 20.8 Å². The highest BCUT2D eigenvalue weighted by Gasteiger charge is 2.24. The highest BCUT2D eigenvalue weighted by atomic mass is 16.1. The second kappa shape index (κ2) is 7.36. The summed E-state index contributed by atoms with van der Waals surface area (Å²) < 4.78 is 2.11. The number of Topliss-reactive ketones (excluding diaryl/α,β-unsaturated/α-hetero) is 1. The number of aryl methyl sites for hydroxylation is 3. The smallest absolute Gasteiger partial charge is 0.179 e. The third kappa shape index (κ3) is 3.40. The number of benzene rings is 1. The minimum absolute atomic E-state index is 0.205. The molecule has 0 atom stereocenters. The third-order valence-electron chi connectivity index (χ3n) is 5.69. The van der Waals surface area contributed by atoms with E-state index in [1.54, 1.807) is 0 Å². The van der Waals surface area contributed by atoms with E-state index in [1.807, 2.05) is 52.1 Å². The standard InChI is InChI=1S/C22H27N5O/c1-15-13-21(24-17(3)23-15)27-11-9-26(10-12-27)14-20(28)22-16(2)25(4)19-8-6-5-7-18(19)22/h5-8,13H,9-12,14H2,1-4H3. The summed E-state index contributed by atoms with van der Waals surface area (Å²) >= 11 is 0. The number of rotatable bonds is 4. The molecule has 0 bridgehead atoms. The average molecular weight is 377 g/mol. The molecule has 146 valence electrons. The molecule has 4 rings (SSSR count). The van der Waals surface area contributed by atoms with Crippen molar-refractivity contribution in [3.8, 4) is 0 Å². The van der Waals surface area contributed by atoms with E-state index in [0.717, 1.165) is 65.7 Å². The first-order valence-corrected chi connectivity index (χ1v) is 9.81. The Morgan fingerprint density at radius 1 is 1.04 bits per heavy atom. The maximum absolute atomic E-state index is 13.1. The summed E-state index contributed by atoms with van der Waals surface area (Å²) in [6, 6.07) is 10.2. The predicted molar refractivity (Wildman–Crippen MR) is 112 cm³/mol. The molecule has 6 heteroatoms. The van der Waals surface area contributed by atoms with Crippen LogP contribution in [-0.4, -0.2) is 57.9 Å². The lowest BCUT2D eigenvalue weighted by Crippen LogP contribution is -2.48. The van der Waals surface area contributed by atoms with Crippen molar-refractivity contribution >= 4 is 22.5 Å². The van der Waals surface area contributed by atoms with Gasteiger partial charge in [-0.05, 0) is 26.8 Å². The van der Waals surface area contributed by atoms with Gasteiger partial charge in [-0.25, -0.2) is 9.97 Å². The van der Waals surface area contributed by atoms with Gasteiger partial charge in [-0.15, -0.1) is 0 Å². The van der Waals surface area contributed by atoms with Gasteiger partial charge < -0.3 is 9.47 Å². The number of carbonyl (C=O) groups excluding carboxylic acids is 1. The predicted octanol–water partition coefficient (Wildman–Crippen LogP) is 2.90. The number of hydrogen-bond acceptors (Lipinski definition) is 5. The normalized spacial score (nSPS) is 15.4. The van der Waals surface area contributed by atoms with Gasteiger partial charge in [-0.2, -0.15) is 0 Å². The molecule has 1 saturated heterocycles. The van der Waals surface area contributed by atoms with Crippen molar-refractivity contribution in [3.63, 3.8) is 0 Å². The Labute approximate surface area is 165 Å². The van der Waals surface area contributed by atoms with Crippen molar-refractivity contribution in [2.75, 3.05) is 37.6 Å². The van der Waals surface area contributed by atoms with Gasteiger partial charge in [-0.3, -0.25) is 9.69 Å². The molecule has 1 fully saturated rings. The van der Waals surface area contributed by atoms with Crippen LogP contribution in [0.2, 0.25) is 0 Å². The molecule has 3 heterocycles. The second-order valence-corrected chi connectivity index (χ2v) is 7.64. The van der Waals surface area contributed by atoms with Crippen molar-refractivity contribution in [2.45, 2.75) is 20.8 Å². The molecule has 0 radical (unpaired) electrons. The van der Waals surface area contributed by atoms with Crippen LogP contribution in [0.5, 0.6) is 0 Å². The Bertz CT molecular complexity index is 1010. The van der Waals surface area contributed by atoms with E-state index < -0.39 is 0 Å². The van der Waals surface area contributed by atoms with Crippen LogP contribution in [0.1, 0.15) is 27.6 Å². The zero-order valence-electron chi connectivity index (χ0n) is 17.1. The molecule has 0 spiro atoms. The van der Waals surface area contributed by atoms with Crippen molar-refractivity contribution in [3.05, 3.63) is 53.1 Å². The fourth-order valence-corrected chi connectivity index (χ4v) is 4.15. The molecule has 1 aliphatic rings. The van der Waals surface area contributed by atoms with E-state index in [9.17, 15) is 4.79 Å². The average Bonchev–Trinajstić information content (AvgIpc) is 2.92. The van der Waals surface area contributed by atoms with Crippen LogP contribution in [0.4, 0.5) is 5.82 Å². The number of fused-ring (bicyclic) bond motifs is 1. The van der Waals surface area contributed by atoms with Crippen LogP contribution in [-0.2, 0) is 7.05 Å².